The van der Waals surface area contributed by atoms with E-state index in [-0.39, 0.29) is 6.09 Å². The molecule has 0 fully saturated rings. The van der Waals surface area contributed by atoms with Crippen LogP contribution in [0.4, 0.5) is 10.5 Å². The van der Waals surface area contributed by atoms with Crippen LogP contribution in [0.5, 0.6) is 0 Å². The zero-order valence-corrected chi connectivity index (χ0v) is 15.5. The molecule has 0 saturated carbocycles. The first-order valence-electron chi connectivity index (χ1n) is 8.69. The molecular weight excluding hydrogens is 288 g/mol. The number of anilines is 1. The number of carbonyl (C=O) groups excluding carboxylic acids is 1. The molecule has 23 heavy (non-hydrogen) atoms. The molecule has 0 spiro atoms. The van der Waals surface area contributed by atoms with Gasteiger partial charge in [-0.2, -0.15) is 0 Å². The Labute approximate surface area is 141 Å². The normalized spacial score (nSPS) is 11.3. The fourth-order valence-electron chi connectivity index (χ4n) is 2.64. The van der Waals surface area contributed by atoms with E-state index in [9.17, 15) is 4.79 Å². The predicted molar refractivity (Wildman–Crippen MR) is 97.4 cm³/mol. The van der Waals surface area contributed by atoms with Gasteiger partial charge in [0.05, 0.1) is 5.69 Å². The van der Waals surface area contributed by atoms with Gasteiger partial charge in [0, 0.05) is 6.54 Å². The number of benzene rings is 1. The van der Waals surface area contributed by atoms with Gasteiger partial charge in [-0.1, -0.05) is 59.7 Å². The Morgan fingerprint density at radius 1 is 1.09 bits per heavy atom. The van der Waals surface area contributed by atoms with Crippen LogP contribution in [-0.4, -0.2) is 37.2 Å². The molecule has 0 aliphatic heterocycles. The maximum Gasteiger partial charge on any atom is 0.411 e. The average Bonchev–Trinajstić information content (AvgIpc) is 2.51. The summed E-state index contributed by atoms with van der Waals surface area (Å²) >= 11 is 0. The highest BCUT2D eigenvalue weighted by atomic mass is 16.5. The number of nitrogens with zero attached hydrogens (tertiary/aromatic N) is 1. The molecule has 0 saturated heterocycles. The van der Waals surface area contributed by atoms with Crippen molar-refractivity contribution in [3.8, 4) is 0 Å². The Hall–Kier alpha value is -1.55. The van der Waals surface area contributed by atoms with Crippen molar-refractivity contribution in [1.29, 1.82) is 0 Å². The quantitative estimate of drug-likeness (QED) is 0.746. The second kappa shape index (κ2) is 9.56. The lowest BCUT2D eigenvalue weighted by Gasteiger charge is -2.21. The van der Waals surface area contributed by atoms with Crippen molar-refractivity contribution in [2.75, 3.05) is 31.6 Å². The van der Waals surface area contributed by atoms with E-state index in [0.29, 0.717) is 18.4 Å². The zero-order valence-electron chi connectivity index (χ0n) is 15.5. The molecular formula is C19H32N2O2. The van der Waals surface area contributed by atoms with Gasteiger partial charge in [0.15, 0.2) is 0 Å². The Kier molecular flexibility index (Phi) is 8.10. The minimum atomic E-state index is -0.368. The van der Waals surface area contributed by atoms with E-state index in [2.05, 4.69) is 70.0 Å². The average molecular weight is 320 g/mol. The second-order valence-electron chi connectivity index (χ2n) is 6.41. The fourth-order valence-corrected chi connectivity index (χ4v) is 2.64. The molecule has 0 bridgehead atoms. The third-order valence-corrected chi connectivity index (χ3v) is 4.14. The summed E-state index contributed by atoms with van der Waals surface area (Å²) in [5.41, 5.74) is 3.21. The Morgan fingerprint density at radius 2 is 1.61 bits per heavy atom. The molecule has 0 unspecified atom stereocenters. The molecule has 1 aromatic carbocycles. The Bertz CT molecular complexity index is 468. The number of hydrogen-bond donors (Lipinski definition) is 1. The number of para-hydroxylation sites is 1. The summed E-state index contributed by atoms with van der Waals surface area (Å²) in [4.78, 5) is 14.4. The summed E-state index contributed by atoms with van der Waals surface area (Å²) in [6.45, 7) is 15.9. The Balaban J connectivity index is 2.77. The zero-order chi connectivity index (χ0) is 17.4. The number of ether oxygens (including phenoxy) is 1. The first-order valence-corrected chi connectivity index (χ1v) is 8.69. The molecule has 0 atom stereocenters. The maximum absolute atomic E-state index is 12.2. The summed E-state index contributed by atoms with van der Waals surface area (Å²) in [5.74, 6) is 0.694. The summed E-state index contributed by atoms with van der Waals surface area (Å²) < 4.78 is 5.36. The van der Waals surface area contributed by atoms with Gasteiger partial charge in [-0.25, -0.2) is 4.79 Å². The van der Waals surface area contributed by atoms with Crippen LogP contribution >= 0.6 is 0 Å². The monoisotopic (exact) mass is 320 g/mol. The largest absolute Gasteiger partial charge is 0.448 e. The minimum absolute atomic E-state index is 0.347. The first kappa shape index (κ1) is 19.5. The fraction of sp³-hybridized carbons (Fsp3) is 0.632. The van der Waals surface area contributed by atoms with Crippen LogP contribution < -0.4 is 5.32 Å². The summed E-state index contributed by atoms with van der Waals surface area (Å²) in [5, 5.41) is 2.97. The lowest BCUT2D eigenvalue weighted by Crippen LogP contribution is -2.29. The summed E-state index contributed by atoms with van der Waals surface area (Å²) in [6, 6.07) is 6.20. The highest BCUT2D eigenvalue weighted by Gasteiger charge is 2.16. The van der Waals surface area contributed by atoms with E-state index in [0.717, 1.165) is 36.4 Å². The van der Waals surface area contributed by atoms with Crippen molar-refractivity contribution >= 4 is 11.8 Å². The molecule has 1 N–H and O–H groups in total. The third kappa shape index (κ3) is 5.87. The summed E-state index contributed by atoms with van der Waals surface area (Å²) in [7, 11) is 0. The number of likely N-dealkylation sites (N-methyl/N-ethyl adjacent to an activating group) is 1. The van der Waals surface area contributed by atoms with Crippen LogP contribution in [0.3, 0.4) is 0 Å². The maximum atomic E-state index is 12.2. The number of nitrogens with one attached hydrogen (secondary N) is 1. The molecule has 0 aromatic heterocycles. The van der Waals surface area contributed by atoms with Crippen molar-refractivity contribution in [2.24, 2.45) is 0 Å². The van der Waals surface area contributed by atoms with Crippen molar-refractivity contribution in [2.45, 2.75) is 53.4 Å². The standard InChI is InChI=1S/C19H32N2O2/c1-7-21(8-2)12-13-23-19(22)20-18-16(14(3)4)10-9-11-17(18)15(5)6/h9-11,14-15H,7-8,12-13H2,1-6H3,(H,20,22). The van der Waals surface area contributed by atoms with Crippen LogP contribution in [0.15, 0.2) is 18.2 Å². The molecule has 1 aromatic rings. The van der Waals surface area contributed by atoms with Crippen LogP contribution in [0.25, 0.3) is 0 Å². The van der Waals surface area contributed by atoms with Crippen LogP contribution in [0, 0.1) is 0 Å². The third-order valence-electron chi connectivity index (χ3n) is 4.14. The SMILES string of the molecule is CCN(CC)CCOC(=O)Nc1c(C(C)C)cccc1C(C)C. The van der Waals surface area contributed by atoms with E-state index in [1.807, 2.05) is 0 Å². The van der Waals surface area contributed by atoms with Crippen LogP contribution in [0.2, 0.25) is 0 Å². The predicted octanol–water partition coefficient (Wildman–Crippen LogP) is 4.82. The van der Waals surface area contributed by atoms with E-state index in [4.69, 9.17) is 4.74 Å². The molecule has 1 rings (SSSR count). The van der Waals surface area contributed by atoms with Crippen molar-refractivity contribution in [1.82, 2.24) is 4.90 Å². The number of rotatable bonds is 8. The molecule has 0 radical (unpaired) electrons. The highest BCUT2D eigenvalue weighted by Crippen LogP contribution is 2.32. The highest BCUT2D eigenvalue weighted by molar-refractivity contribution is 5.87. The second-order valence-corrected chi connectivity index (χ2v) is 6.41. The smallest absolute Gasteiger partial charge is 0.411 e. The molecule has 4 nitrogen and oxygen atoms in total. The van der Waals surface area contributed by atoms with E-state index < -0.39 is 0 Å². The van der Waals surface area contributed by atoms with Gasteiger partial charge in [-0.05, 0) is 36.1 Å². The lowest BCUT2D eigenvalue weighted by molar-refractivity contribution is 0.142. The molecule has 130 valence electrons. The van der Waals surface area contributed by atoms with E-state index in [1.54, 1.807) is 0 Å². The summed E-state index contributed by atoms with van der Waals surface area (Å²) in [6.07, 6.45) is -0.368. The van der Waals surface area contributed by atoms with Crippen molar-refractivity contribution in [3.05, 3.63) is 29.3 Å². The van der Waals surface area contributed by atoms with Gasteiger partial charge in [0.25, 0.3) is 0 Å². The van der Waals surface area contributed by atoms with Gasteiger partial charge in [0.2, 0.25) is 0 Å². The minimum Gasteiger partial charge on any atom is -0.448 e. The molecule has 4 heteroatoms. The van der Waals surface area contributed by atoms with Gasteiger partial charge >= 0.3 is 6.09 Å². The van der Waals surface area contributed by atoms with Gasteiger partial charge in [0.1, 0.15) is 6.61 Å². The number of hydrogen-bond acceptors (Lipinski definition) is 3. The Morgan fingerprint density at radius 3 is 2.04 bits per heavy atom. The molecule has 0 heterocycles. The van der Waals surface area contributed by atoms with Crippen molar-refractivity contribution in [3.63, 3.8) is 0 Å². The van der Waals surface area contributed by atoms with E-state index >= 15 is 0 Å². The van der Waals surface area contributed by atoms with Crippen LogP contribution in [-0.2, 0) is 4.74 Å². The number of carbonyl (C=O) groups is 1. The molecule has 0 aliphatic rings. The topological polar surface area (TPSA) is 41.6 Å². The molecule has 0 aliphatic carbocycles. The molecule has 1 amide bonds. The van der Waals surface area contributed by atoms with E-state index in [1.165, 1.54) is 0 Å². The van der Waals surface area contributed by atoms with Crippen molar-refractivity contribution < 1.29 is 9.53 Å². The lowest BCUT2D eigenvalue weighted by atomic mass is 9.93. The van der Waals surface area contributed by atoms with Gasteiger partial charge in [-0.15, -0.1) is 0 Å². The van der Waals surface area contributed by atoms with Gasteiger partial charge < -0.3 is 9.64 Å². The van der Waals surface area contributed by atoms with Crippen LogP contribution in [0.1, 0.15) is 64.5 Å². The first-order chi connectivity index (χ1) is 10.9. The number of amides is 1. The van der Waals surface area contributed by atoms with Gasteiger partial charge in [-0.3, -0.25) is 5.32 Å².